The van der Waals surface area contributed by atoms with Crippen molar-refractivity contribution >= 4 is 67.8 Å². The van der Waals surface area contributed by atoms with Gasteiger partial charge < -0.3 is 25.2 Å². The number of alkyl halides is 6. The van der Waals surface area contributed by atoms with E-state index in [-0.39, 0.29) is 34.2 Å². The first kappa shape index (κ1) is 43.2. The van der Waals surface area contributed by atoms with Gasteiger partial charge in [0.2, 0.25) is 5.88 Å². The van der Waals surface area contributed by atoms with Gasteiger partial charge in [-0.1, -0.05) is 23.2 Å². The first-order chi connectivity index (χ1) is 26.7. The van der Waals surface area contributed by atoms with Crippen molar-refractivity contribution < 1.29 is 55.3 Å². The smallest absolute Gasteiger partial charge is 0.475 e. The lowest BCUT2D eigenvalue weighted by Crippen LogP contribution is -2.38. The standard InChI is InChI=1S/C31H31Cl2FN8O.2C2HF3O2/c1-16-23(32)12-25-21(13-37-40-25)26(16)27-24(33)11-20-29(28(27)34)39-31(43-15-19-4-3-9-41(19)2)22-14-38-42(30(20)22)18-6-8-36-17(10-18)5-7-35;2*3-2(4,5)1(6)7/h11-14,17-19,36H,3-6,8-10,15H2,1-2H3,(H,37,40);2*(H,6,7)/t17-,18+,19+;;/m1../s1. The predicted octanol–water partition coefficient (Wildman–Crippen LogP) is 7.83. The molecular formula is C35H33Cl2F7N8O5. The van der Waals surface area contributed by atoms with E-state index in [2.05, 4.69) is 33.5 Å². The summed E-state index contributed by atoms with van der Waals surface area (Å²) >= 11 is 13.5. The number of ether oxygens (including phenoxy) is 1. The van der Waals surface area contributed by atoms with Crippen LogP contribution in [0.15, 0.2) is 24.5 Å². The molecule has 0 unspecified atom stereocenters. The zero-order chi connectivity index (χ0) is 42.0. The van der Waals surface area contributed by atoms with Crippen LogP contribution in [-0.4, -0.2) is 103 Å². The van der Waals surface area contributed by atoms with Crippen LogP contribution in [0.25, 0.3) is 43.8 Å². The van der Waals surface area contributed by atoms with E-state index in [1.165, 1.54) is 0 Å². The van der Waals surface area contributed by atoms with Crippen molar-refractivity contribution in [3.05, 3.63) is 46.0 Å². The average molecular weight is 850 g/mol. The number of likely N-dealkylation sites (N-methyl/N-ethyl adjacent to an activating group) is 1. The summed E-state index contributed by atoms with van der Waals surface area (Å²) in [5, 5.41) is 41.6. The molecule has 2 aromatic carbocycles. The Morgan fingerprint density at radius 1 is 1.02 bits per heavy atom. The Morgan fingerprint density at radius 3 is 2.28 bits per heavy atom. The molecule has 0 spiro atoms. The van der Waals surface area contributed by atoms with Crippen molar-refractivity contribution in [1.29, 1.82) is 5.26 Å². The van der Waals surface area contributed by atoms with E-state index < -0.39 is 30.1 Å². The topological polar surface area (TPSA) is 182 Å². The number of carboxylic acid groups (broad SMARTS) is 2. The summed E-state index contributed by atoms with van der Waals surface area (Å²) in [6, 6.07) is 6.15. The van der Waals surface area contributed by atoms with E-state index in [9.17, 15) is 31.6 Å². The Kier molecular flexibility index (Phi) is 13.1. The van der Waals surface area contributed by atoms with Gasteiger partial charge in [0.25, 0.3) is 0 Å². The van der Waals surface area contributed by atoms with E-state index in [0.29, 0.717) is 56.7 Å². The molecule has 2 fully saturated rings. The number of nitriles is 1. The average Bonchev–Trinajstić information content (AvgIpc) is 3.89. The van der Waals surface area contributed by atoms with Crippen molar-refractivity contribution in [2.24, 2.45) is 0 Å². The number of hydrogen-bond donors (Lipinski definition) is 4. The maximum Gasteiger partial charge on any atom is 0.490 e. The normalized spacial score (nSPS) is 18.8. The second-order valence-corrected chi connectivity index (χ2v) is 14.1. The summed E-state index contributed by atoms with van der Waals surface area (Å²) in [5.74, 6) is -5.72. The molecule has 0 saturated carbocycles. The van der Waals surface area contributed by atoms with E-state index >= 15 is 4.39 Å². The van der Waals surface area contributed by atoms with Crippen molar-refractivity contribution in [2.75, 3.05) is 26.7 Å². The summed E-state index contributed by atoms with van der Waals surface area (Å²) in [6.07, 6.45) is -2.66. The zero-order valence-corrected chi connectivity index (χ0v) is 31.4. The minimum Gasteiger partial charge on any atom is -0.475 e. The quantitative estimate of drug-likeness (QED) is 0.122. The number of carbonyl (C=O) groups is 2. The Morgan fingerprint density at radius 2 is 1.68 bits per heavy atom. The highest BCUT2D eigenvalue weighted by Gasteiger charge is 2.39. The lowest BCUT2D eigenvalue weighted by molar-refractivity contribution is -0.193. The van der Waals surface area contributed by atoms with Crippen molar-refractivity contribution in [1.82, 2.24) is 35.2 Å². The molecule has 22 heteroatoms. The van der Waals surface area contributed by atoms with Crippen LogP contribution in [0.2, 0.25) is 10.0 Å². The number of benzene rings is 2. The lowest BCUT2D eigenvalue weighted by atomic mass is 9.94. The monoisotopic (exact) mass is 848 g/mol. The first-order valence-electron chi connectivity index (χ1n) is 17.1. The van der Waals surface area contributed by atoms with Crippen LogP contribution in [-0.2, 0) is 9.59 Å². The fourth-order valence-electron chi connectivity index (χ4n) is 6.78. The van der Waals surface area contributed by atoms with Gasteiger partial charge in [0.05, 0.1) is 52.4 Å². The molecule has 3 aromatic heterocycles. The highest BCUT2D eigenvalue weighted by atomic mass is 35.5. The van der Waals surface area contributed by atoms with E-state index in [0.717, 1.165) is 44.3 Å². The minimum atomic E-state index is -5.08. The van der Waals surface area contributed by atoms with Gasteiger partial charge in [-0.25, -0.2) is 19.0 Å². The number of likely N-dealkylation sites (tertiary alicyclic amines) is 1. The van der Waals surface area contributed by atoms with Gasteiger partial charge in [0, 0.05) is 39.0 Å². The molecule has 2 aliphatic heterocycles. The number of piperidine rings is 1. The number of fused-ring (bicyclic) bond motifs is 4. The van der Waals surface area contributed by atoms with Gasteiger partial charge in [0.15, 0.2) is 5.82 Å². The molecule has 0 amide bonds. The highest BCUT2D eigenvalue weighted by molar-refractivity contribution is 6.36. The molecule has 0 aliphatic carbocycles. The van der Waals surface area contributed by atoms with Gasteiger partial charge >= 0.3 is 24.3 Å². The van der Waals surface area contributed by atoms with Gasteiger partial charge in [0.1, 0.15) is 12.1 Å². The van der Waals surface area contributed by atoms with Gasteiger partial charge in [-0.3, -0.25) is 9.78 Å². The van der Waals surface area contributed by atoms with Crippen molar-refractivity contribution in [3.63, 3.8) is 0 Å². The second kappa shape index (κ2) is 17.3. The third-order valence-electron chi connectivity index (χ3n) is 9.60. The third kappa shape index (κ3) is 9.43. The van der Waals surface area contributed by atoms with Crippen LogP contribution in [0.1, 0.15) is 43.7 Å². The van der Waals surface area contributed by atoms with Gasteiger partial charge in [-0.2, -0.15) is 41.8 Å². The lowest BCUT2D eigenvalue weighted by Gasteiger charge is -2.30. The summed E-state index contributed by atoms with van der Waals surface area (Å²) in [6.45, 7) is 4.06. The van der Waals surface area contributed by atoms with Gasteiger partial charge in [-0.15, -0.1) is 0 Å². The van der Waals surface area contributed by atoms with Crippen LogP contribution in [0.5, 0.6) is 5.88 Å². The van der Waals surface area contributed by atoms with E-state index in [1.54, 1.807) is 24.5 Å². The Hall–Kier alpha value is -4.97. The number of H-pyrrole nitrogens is 1. The molecule has 57 heavy (non-hydrogen) atoms. The molecule has 5 aromatic rings. The number of rotatable bonds is 6. The molecule has 13 nitrogen and oxygen atoms in total. The Balaban J connectivity index is 0.000000380. The van der Waals surface area contributed by atoms with Crippen LogP contribution >= 0.6 is 23.2 Å². The maximum absolute atomic E-state index is 17.0. The molecule has 0 radical (unpaired) electrons. The fourth-order valence-corrected chi connectivity index (χ4v) is 7.27. The summed E-state index contributed by atoms with van der Waals surface area (Å²) < 4.78 is 88.8. The SMILES string of the molecule is Cc1c(Cl)cc2[nH]ncc2c1-c1c(Cl)cc2c(nc(OC[C@@H]3CCCN3C)c3cnn([C@H]4CCN[C@H](CC#N)C4)c32)c1F.O=C(O)C(F)(F)F.O=C(O)C(F)(F)F. The number of aromatic amines is 1. The number of aliphatic carboxylic acids is 2. The van der Waals surface area contributed by atoms with Crippen LogP contribution in [0, 0.1) is 24.1 Å². The molecule has 5 heterocycles. The number of pyridine rings is 1. The minimum absolute atomic E-state index is 0.0127. The molecule has 2 saturated heterocycles. The molecule has 0 bridgehead atoms. The predicted molar refractivity (Wildman–Crippen MR) is 194 cm³/mol. The fraction of sp³-hybridized carbons (Fsp3) is 0.429. The summed E-state index contributed by atoms with van der Waals surface area (Å²) in [5.41, 5.74) is 3.05. The number of nitrogens with zero attached hydrogens (tertiary/aromatic N) is 6. The number of hydrogen-bond acceptors (Lipinski definition) is 9. The molecule has 306 valence electrons. The second-order valence-electron chi connectivity index (χ2n) is 13.3. The number of halogens is 9. The van der Waals surface area contributed by atoms with Crippen LogP contribution in [0.3, 0.4) is 0 Å². The van der Waals surface area contributed by atoms with Crippen LogP contribution < -0.4 is 10.1 Å². The Bertz CT molecular complexity index is 2320. The highest BCUT2D eigenvalue weighted by Crippen LogP contribution is 2.45. The largest absolute Gasteiger partial charge is 0.490 e. The number of aromatic nitrogens is 5. The summed E-state index contributed by atoms with van der Waals surface area (Å²) in [4.78, 5) is 24.9. The molecule has 3 atom stereocenters. The third-order valence-corrected chi connectivity index (χ3v) is 10.3. The van der Waals surface area contributed by atoms with E-state index in [1.807, 2.05) is 11.6 Å². The molecule has 7 rings (SSSR count). The van der Waals surface area contributed by atoms with Crippen molar-refractivity contribution in [3.8, 4) is 23.1 Å². The summed E-state index contributed by atoms with van der Waals surface area (Å²) in [7, 11) is 2.09. The van der Waals surface area contributed by atoms with Gasteiger partial charge in [-0.05, 0) is 70.4 Å². The molecule has 4 N–H and O–H groups in total. The maximum atomic E-state index is 17.0. The van der Waals surface area contributed by atoms with Crippen molar-refractivity contribution in [2.45, 2.75) is 69.5 Å². The number of nitrogens with one attached hydrogen (secondary N) is 2. The zero-order valence-electron chi connectivity index (χ0n) is 29.9. The number of carboxylic acids is 2. The molecular weight excluding hydrogens is 816 g/mol. The molecule has 2 aliphatic rings. The Labute approximate surface area is 328 Å². The first-order valence-corrected chi connectivity index (χ1v) is 17.8. The van der Waals surface area contributed by atoms with Crippen LogP contribution in [0.4, 0.5) is 30.7 Å². The van der Waals surface area contributed by atoms with E-state index in [4.69, 9.17) is 57.8 Å².